The van der Waals surface area contributed by atoms with Gasteiger partial charge in [0.2, 0.25) is 0 Å². The summed E-state index contributed by atoms with van der Waals surface area (Å²) in [5.74, 6) is 1.89. The van der Waals surface area contributed by atoms with Crippen LogP contribution in [0.15, 0.2) is 206 Å². The van der Waals surface area contributed by atoms with Gasteiger partial charge in [-0.25, -0.2) is 15.0 Å². The van der Waals surface area contributed by atoms with Gasteiger partial charge in [-0.05, 0) is 82.9 Å². The van der Waals surface area contributed by atoms with Crippen molar-refractivity contribution >= 4 is 84.8 Å². The maximum Gasteiger partial charge on any atom is 0.165 e. The zero-order chi connectivity index (χ0) is 41.4. The summed E-state index contributed by atoms with van der Waals surface area (Å²) in [5, 5.41) is 7.49. The van der Waals surface area contributed by atoms with E-state index < -0.39 is 0 Å². The van der Waals surface area contributed by atoms with E-state index in [4.69, 9.17) is 15.0 Å². The molecule has 13 aromatic rings. The molecular formula is C57H34N4S2. The van der Waals surface area contributed by atoms with E-state index in [1.807, 2.05) is 40.9 Å². The van der Waals surface area contributed by atoms with Crippen molar-refractivity contribution in [1.29, 1.82) is 0 Å². The number of fused-ring (bicyclic) bond motifs is 10. The van der Waals surface area contributed by atoms with Crippen molar-refractivity contribution in [3.05, 3.63) is 206 Å². The molecule has 0 N–H and O–H groups in total. The van der Waals surface area contributed by atoms with Crippen LogP contribution in [-0.2, 0) is 0 Å². The first-order chi connectivity index (χ1) is 31.2. The van der Waals surface area contributed by atoms with Crippen molar-refractivity contribution < 1.29 is 0 Å². The average molecular weight is 839 g/mol. The van der Waals surface area contributed by atoms with Crippen LogP contribution in [-0.4, -0.2) is 19.5 Å². The molecule has 0 aliphatic heterocycles. The summed E-state index contributed by atoms with van der Waals surface area (Å²) in [5.41, 5.74) is 10.7. The van der Waals surface area contributed by atoms with Gasteiger partial charge in [0.25, 0.3) is 0 Å². The van der Waals surface area contributed by atoms with E-state index in [1.54, 1.807) is 0 Å². The summed E-state index contributed by atoms with van der Waals surface area (Å²) in [6, 6.07) is 73.7. The number of nitrogens with zero attached hydrogens (tertiary/aromatic N) is 4. The van der Waals surface area contributed by atoms with E-state index in [9.17, 15) is 0 Å². The van der Waals surface area contributed by atoms with Crippen molar-refractivity contribution in [2.45, 2.75) is 0 Å². The highest BCUT2D eigenvalue weighted by atomic mass is 32.1. The highest BCUT2D eigenvalue weighted by Gasteiger charge is 2.23. The van der Waals surface area contributed by atoms with Gasteiger partial charge in [0.1, 0.15) is 0 Å². The lowest BCUT2D eigenvalue weighted by Crippen LogP contribution is -2.02. The minimum atomic E-state index is 0.622. The zero-order valence-electron chi connectivity index (χ0n) is 33.7. The van der Waals surface area contributed by atoms with Gasteiger partial charge in [0.15, 0.2) is 17.5 Å². The van der Waals surface area contributed by atoms with Gasteiger partial charge in [0, 0.05) is 73.5 Å². The van der Waals surface area contributed by atoms with E-state index in [0.717, 1.165) is 60.4 Å². The maximum absolute atomic E-state index is 5.52. The Balaban J connectivity index is 1.14. The molecule has 0 amide bonds. The fraction of sp³-hybridized carbons (Fsp3) is 0. The average Bonchev–Trinajstić information content (AvgIpc) is 4.04. The molecule has 63 heavy (non-hydrogen) atoms. The second kappa shape index (κ2) is 14.4. The molecule has 0 fully saturated rings. The Kier molecular flexibility index (Phi) is 8.22. The molecule has 0 aliphatic carbocycles. The van der Waals surface area contributed by atoms with Crippen LogP contribution >= 0.6 is 22.7 Å². The van der Waals surface area contributed by atoms with Crippen molar-refractivity contribution in [3.63, 3.8) is 0 Å². The summed E-state index contributed by atoms with van der Waals surface area (Å²) in [6.45, 7) is 0. The SMILES string of the molecule is c1ccc(-c2cc(-c3ccccc3)cc(-c3nc(-c4ccccc4)nc(-c4cc(-n5c6ccccc6c6ccccc65)cc5c4sc4ccc6sc7ccccc7c6c45)n3)c2)cc1. The van der Waals surface area contributed by atoms with Crippen LogP contribution in [0.25, 0.3) is 124 Å². The summed E-state index contributed by atoms with van der Waals surface area (Å²) in [4.78, 5) is 16.2. The highest BCUT2D eigenvalue weighted by Crippen LogP contribution is 2.48. The van der Waals surface area contributed by atoms with Gasteiger partial charge in [-0.15, -0.1) is 22.7 Å². The number of thiophene rings is 2. The number of rotatable bonds is 6. The van der Waals surface area contributed by atoms with Gasteiger partial charge in [-0.1, -0.05) is 146 Å². The standard InChI is InChI=1S/C57H34N4S2/c1-4-16-35(17-5-1)38-30-39(36-18-6-2-7-19-36)32-40(31-38)56-58-55(37-20-8-3-9-21-37)59-57(60-56)46-34-41(61-47-25-13-10-22-42(47)43-23-11-14-26-48(43)61)33-45-53-51(63-54(45)46)29-28-50-52(53)44-24-12-15-27-49(44)62-50/h1-34H. The zero-order valence-corrected chi connectivity index (χ0v) is 35.4. The van der Waals surface area contributed by atoms with Crippen molar-refractivity contribution in [2.75, 3.05) is 0 Å². The normalized spacial score (nSPS) is 11.8. The number of benzene rings is 9. The predicted octanol–water partition coefficient (Wildman–Crippen LogP) is 16.0. The van der Waals surface area contributed by atoms with E-state index >= 15 is 0 Å². The molecule has 4 nitrogen and oxygen atoms in total. The predicted molar refractivity (Wildman–Crippen MR) is 267 cm³/mol. The first-order valence-corrected chi connectivity index (χ1v) is 22.7. The highest BCUT2D eigenvalue weighted by molar-refractivity contribution is 7.28. The number of hydrogen-bond donors (Lipinski definition) is 0. The molecule has 0 radical (unpaired) electrons. The third-order valence-corrected chi connectivity index (χ3v) is 14.6. The number of aromatic nitrogens is 4. The number of para-hydroxylation sites is 2. The Labute approximate surface area is 370 Å². The van der Waals surface area contributed by atoms with E-state index in [1.165, 1.54) is 46.4 Å². The van der Waals surface area contributed by atoms with Gasteiger partial charge in [-0.3, -0.25) is 0 Å². The third kappa shape index (κ3) is 5.91. The van der Waals surface area contributed by atoms with Crippen LogP contribution in [0.5, 0.6) is 0 Å². The fourth-order valence-corrected chi connectivity index (χ4v) is 11.7. The Morgan fingerprint density at radius 1 is 0.317 bits per heavy atom. The Morgan fingerprint density at radius 2 is 0.794 bits per heavy atom. The third-order valence-electron chi connectivity index (χ3n) is 12.2. The summed E-state index contributed by atoms with van der Waals surface area (Å²) < 4.78 is 7.38. The maximum atomic E-state index is 5.52. The Hall–Kier alpha value is -7.77. The topological polar surface area (TPSA) is 43.6 Å². The van der Waals surface area contributed by atoms with Crippen molar-refractivity contribution in [1.82, 2.24) is 19.5 Å². The van der Waals surface area contributed by atoms with Crippen LogP contribution in [0.3, 0.4) is 0 Å². The molecule has 0 bridgehead atoms. The lowest BCUT2D eigenvalue weighted by molar-refractivity contribution is 1.07. The molecule has 13 rings (SSSR count). The molecule has 9 aromatic carbocycles. The van der Waals surface area contributed by atoms with Gasteiger partial charge < -0.3 is 4.57 Å². The largest absolute Gasteiger partial charge is 0.309 e. The van der Waals surface area contributed by atoms with Crippen molar-refractivity contribution in [2.24, 2.45) is 0 Å². The molecular weight excluding hydrogens is 805 g/mol. The smallest absolute Gasteiger partial charge is 0.165 e. The molecule has 0 saturated heterocycles. The van der Waals surface area contributed by atoms with E-state index in [2.05, 4.69) is 193 Å². The molecule has 6 heteroatoms. The number of hydrogen-bond acceptors (Lipinski definition) is 5. The lowest BCUT2D eigenvalue weighted by atomic mass is 9.96. The van der Waals surface area contributed by atoms with Gasteiger partial charge in [0.05, 0.1) is 11.0 Å². The van der Waals surface area contributed by atoms with E-state index in [0.29, 0.717) is 17.5 Å². The summed E-state index contributed by atoms with van der Waals surface area (Å²) >= 11 is 3.68. The van der Waals surface area contributed by atoms with Gasteiger partial charge >= 0.3 is 0 Å². The Bertz CT molecular complexity index is 3790. The molecule has 0 aliphatic rings. The van der Waals surface area contributed by atoms with Crippen LogP contribution in [0.2, 0.25) is 0 Å². The quantitative estimate of drug-likeness (QED) is 0.168. The molecule has 0 atom stereocenters. The van der Waals surface area contributed by atoms with Crippen LogP contribution in [0.4, 0.5) is 0 Å². The summed E-state index contributed by atoms with van der Waals surface area (Å²) in [7, 11) is 0. The minimum Gasteiger partial charge on any atom is -0.309 e. The molecule has 4 heterocycles. The van der Waals surface area contributed by atoms with Crippen LogP contribution < -0.4 is 0 Å². The van der Waals surface area contributed by atoms with Crippen LogP contribution in [0, 0.1) is 0 Å². The summed E-state index contributed by atoms with van der Waals surface area (Å²) in [6.07, 6.45) is 0. The van der Waals surface area contributed by atoms with E-state index in [-0.39, 0.29) is 0 Å². The van der Waals surface area contributed by atoms with Crippen LogP contribution in [0.1, 0.15) is 0 Å². The minimum absolute atomic E-state index is 0.622. The first-order valence-electron chi connectivity index (χ1n) is 21.1. The molecule has 0 unspecified atom stereocenters. The molecule has 294 valence electrons. The molecule has 4 aromatic heterocycles. The van der Waals surface area contributed by atoms with Crippen molar-refractivity contribution in [3.8, 4) is 62.1 Å². The monoisotopic (exact) mass is 838 g/mol. The van der Waals surface area contributed by atoms with Gasteiger partial charge in [-0.2, -0.15) is 0 Å². The second-order valence-corrected chi connectivity index (χ2v) is 18.1. The first kappa shape index (κ1) is 35.9. The molecule has 0 saturated carbocycles. The Morgan fingerprint density at radius 3 is 1.43 bits per heavy atom. The second-order valence-electron chi connectivity index (χ2n) is 16.0. The lowest BCUT2D eigenvalue weighted by Gasteiger charge is -2.14. The molecule has 0 spiro atoms. The fourth-order valence-electron chi connectivity index (χ4n) is 9.36.